The minimum absolute atomic E-state index is 0.0771. The van der Waals surface area contributed by atoms with Gasteiger partial charge in [-0.05, 0) is 40.2 Å². The van der Waals surface area contributed by atoms with E-state index < -0.39 is 47.6 Å². The Hall–Kier alpha value is -2.30. The molecule has 0 aliphatic heterocycles. The number of benzene rings is 2. The Morgan fingerprint density at radius 2 is 1.81 bits per heavy atom. The molecule has 15 heteroatoms. The number of anilines is 2. The molecule has 6 N–H and O–H groups in total. The molecule has 3 aromatic rings. The van der Waals surface area contributed by atoms with Crippen LogP contribution in [0.1, 0.15) is 0 Å². The molecule has 3 rings (SSSR count). The molecule has 37 heavy (non-hydrogen) atoms. The van der Waals surface area contributed by atoms with Gasteiger partial charge in [0.05, 0.1) is 43.2 Å². The lowest BCUT2D eigenvalue weighted by molar-refractivity contribution is -0.0802. The molecule has 0 fully saturated rings. The summed E-state index contributed by atoms with van der Waals surface area (Å²) in [6.07, 6.45) is -2.85. The number of hydrogen-bond acceptors (Lipinski definition) is 11. The number of ether oxygens (including phenoxy) is 2. The first kappa shape index (κ1) is 29.3. The van der Waals surface area contributed by atoms with Crippen LogP contribution < -0.4 is 19.5 Å². The van der Waals surface area contributed by atoms with E-state index in [1.54, 1.807) is 24.3 Å². The summed E-state index contributed by atoms with van der Waals surface area (Å²) in [5.74, 6) is 0.723. The molecule has 0 bridgehead atoms. The second-order valence-corrected chi connectivity index (χ2v) is 11.0. The Bertz CT molecular complexity index is 1350. The number of hydrogen-bond donors (Lipinski definition) is 6. The number of sulfonamides is 1. The normalized spacial score (nSPS) is 15.1. The van der Waals surface area contributed by atoms with Crippen LogP contribution in [0.2, 0.25) is 5.02 Å². The topological polar surface area (TPSA) is 183 Å². The summed E-state index contributed by atoms with van der Waals surface area (Å²) < 4.78 is 36.9. The molecule has 1 aromatic heterocycles. The number of halogens is 2. The molecule has 0 saturated heterocycles. The second-order valence-electron chi connectivity index (χ2n) is 8.00. The van der Waals surface area contributed by atoms with E-state index >= 15 is 0 Å². The highest BCUT2D eigenvalue weighted by Gasteiger charge is 2.35. The fourth-order valence-corrected chi connectivity index (χ4v) is 4.64. The first-order chi connectivity index (χ1) is 17.5. The van der Waals surface area contributed by atoms with Crippen molar-refractivity contribution in [2.45, 2.75) is 24.4 Å². The maximum absolute atomic E-state index is 11.5. The van der Waals surface area contributed by atoms with Crippen molar-refractivity contribution in [3.8, 4) is 11.5 Å². The van der Waals surface area contributed by atoms with E-state index in [0.717, 1.165) is 10.7 Å². The smallest absolute Gasteiger partial charge is 0.209 e. The maximum Gasteiger partial charge on any atom is 0.209 e. The fourth-order valence-electron chi connectivity index (χ4n) is 3.45. The fraction of sp³-hybridized carbons (Fsp3) is 0.364. The number of nitrogens with one attached hydrogen (secondary N) is 2. The zero-order chi connectivity index (χ0) is 27.3. The minimum atomic E-state index is -3.81. The third-order valence-corrected chi connectivity index (χ3v) is 7.23. The van der Waals surface area contributed by atoms with Crippen LogP contribution in [0.15, 0.2) is 41.1 Å². The van der Waals surface area contributed by atoms with Crippen LogP contribution in [0.25, 0.3) is 10.9 Å². The summed E-state index contributed by atoms with van der Waals surface area (Å²) in [4.78, 5) is 8.52. The predicted octanol–water partition coefficient (Wildman–Crippen LogP) is 1.17. The molecule has 12 nitrogen and oxygen atoms in total. The molecule has 0 unspecified atom stereocenters. The van der Waals surface area contributed by atoms with Crippen LogP contribution in [0.5, 0.6) is 11.5 Å². The lowest BCUT2D eigenvalue weighted by atomic mass is 10.0. The van der Waals surface area contributed by atoms with Gasteiger partial charge >= 0.3 is 0 Å². The second kappa shape index (κ2) is 12.5. The molecular formula is C22H26BrClN4O8S. The summed E-state index contributed by atoms with van der Waals surface area (Å²) in [6.45, 7) is -1.56. The van der Waals surface area contributed by atoms with E-state index in [2.05, 4.69) is 31.2 Å². The van der Waals surface area contributed by atoms with Gasteiger partial charge < -0.3 is 35.2 Å². The first-order valence-electron chi connectivity index (χ1n) is 10.7. The molecule has 0 radical (unpaired) electrons. The van der Waals surface area contributed by atoms with Gasteiger partial charge in [-0.15, -0.1) is 0 Å². The predicted molar refractivity (Wildman–Crippen MR) is 141 cm³/mol. The highest BCUT2D eigenvalue weighted by molar-refractivity contribution is 9.10. The van der Waals surface area contributed by atoms with E-state index in [1.165, 1.54) is 19.5 Å². The Balaban J connectivity index is 1.90. The van der Waals surface area contributed by atoms with Gasteiger partial charge in [-0.3, -0.25) is 0 Å². The SMILES string of the molecule is COc1cc2c(Nc3ccc(Br)c(Cl)c3)ncnc2cc1O[C@@H](CO)[C@@H](O)[C@H](O)[C@H](CO)NS(C)(=O)=O. The lowest BCUT2D eigenvalue weighted by Crippen LogP contribution is -2.55. The largest absolute Gasteiger partial charge is 0.493 e. The quantitative estimate of drug-likeness (QED) is 0.171. The number of aliphatic hydroxyl groups is 4. The lowest BCUT2D eigenvalue weighted by Gasteiger charge is -2.30. The zero-order valence-electron chi connectivity index (χ0n) is 19.7. The monoisotopic (exact) mass is 620 g/mol. The van der Waals surface area contributed by atoms with Crippen molar-refractivity contribution >= 4 is 60.0 Å². The average molecular weight is 622 g/mol. The zero-order valence-corrected chi connectivity index (χ0v) is 22.8. The minimum Gasteiger partial charge on any atom is -0.493 e. The van der Waals surface area contributed by atoms with Gasteiger partial charge in [0.25, 0.3) is 0 Å². The molecule has 0 aliphatic rings. The molecule has 2 aromatic carbocycles. The number of rotatable bonds is 12. The molecule has 0 amide bonds. The van der Waals surface area contributed by atoms with Gasteiger partial charge in [-0.25, -0.2) is 23.1 Å². The summed E-state index contributed by atoms with van der Waals surface area (Å²) in [6, 6.07) is 6.94. The molecule has 1 heterocycles. The summed E-state index contributed by atoms with van der Waals surface area (Å²) in [7, 11) is -2.42. The van der Waals surface area contributed by atoms with Crippen LogP contribution in [-0.2, 0) is 10.0 Å². The van der Waals surface area contributed by atoms with Crippen molar-refractivity contribution in [1.29, 1.82) is 0 Å². The van der Waals surface area contributed by atoms with E-state index in [1.807, 2.05) is 4.72 Å². The summed E-state index contributed by atoms with van der Waals surface area (Å²) >= 11 is 9.52. The number of aromatic nitrogens is 2. The van der Waals surface area contributed by atoms with Crippen LogP contribution in [-0.4, -0.2) is 89.7 Å². The van der Waals surface area contributed by atoms with Gasteiger partial charge in [0.15, 0.2) is 17.6 Å². The standard InChI is InChI=1S/C22H26BrClN4O8S/c1-35-17-6-12-15(25-10-26-22(12)27-11-3-4-13(23)14(24)5-11)7-18(17)36-19(9-30)21(32)20(31)16(8-29)28-37(2,33)34/h3-7,10,16,19-21,28-32H,8-9H2,1-2H3,(H,25,26,27)/t16-,19-,20+,21+/m0/s1. The molecule has 0 saturated carbocycles. The number of aliphatic hydroxyl groups excluding tert-OH is 4. The Kier molecular flexibility index (Phi) is 9.88. The van der Waals surface area contributed by atoms with Crippen LogP contribution in [0.4, 0.5) is 11.5 Å². The third-order valence-electron chi connectivity index (χ3n) is 5.27. The van der Waals surface area contributed by atoms with Crippen LogP contribution >= 0.6 is 27.5 Å². The van der Waals surface area contributed by atoms with Gasteiger partial charge in [-0.1, -0.05) is 11.6 Å². The average Bonchev–Trinajstić information content (AvgIpc) is 2.86. The maximum atomic E-state index is 11.5. The van der Waals surface area contributed by atoms with E-state index in [-0.39, 0.29) is 11.5 Å². The molecule has 202 valence electrons. The van der Waals surface area contributed by atoms with Crippen molar-refractivity contribution < 1.29 is 38.3 Å². The van der Waals surface area contributed by atoms with Crippen LogP contribution in [0.3, 0.4) is 0 Å². The van der Waals surface area contributed by atoms with Crippen molar-refractivity contribution in [3.05, 3.63) is 46.2 Å². The van der Waals surface area contributed by atoms with Gasteiger partial charge in [0, 0.05) is 21.6 Å². The highest BCUT2D eigenvalue weighted by Crippen LogP contribution is 2.36. The van der Waals surface area contributed by atoms with Gasteiger partial charge in [-0.2, -0.15) is 0 Å². The molecule has 4 atom stereocenters. The van der Waals surface area contributed by atoms with E-state index in [0.29, 0.717) is 27.4 Å². The van der Waals surface area contributed by atoms with Crippen LogP contribution in [0, 0.1) is 0 Å². The summed E-state index contributed by atoms with van der Waals surface area (Å²) in [5.41, 5.74) is 1.10. The Labute approximate surface area is 226 Å². The number of nitrogens with zero attached hydrogens (tertiary/aromatic N) is 2. The summed E-state index contributed by atoms with van der Waals surface area (Å²) in [5, 5.41) is 44.5. The van der Waals surface area contributed by atoms with Crippen molar-refractivity contribution in [1.82, 2.24) is 14.7 Å². The Morgan fingerprint density at radius 1 is 1.08 bits per heavy atom. The van der Waals surface area contributed by atoms with Crippen molar-refractivity contribution in [2.24, 2.45) is 0 Å². The molecular weight excluding hydrogens is 596 g/mol. The third kappa shape index (κ3) is 7.39. The van der Waals surface area contributed by atoms with E-state index in [9.17, 15) is 28.8 Å². The van der Waals surface area contributed by atoms with E-state index in [4.69, 9.17) is 21.1 Å². The molecule has 0 aliphatic carbocycles. The molecule has 0 spiro atoms. The first-order valence-corrected chi connectivity index (χ1v) is 13.8. The Morgan fingerprint density at radius 3 is 2.41 bits per heavy atom. The van der Waals surface area contributed by atoms with Crippen molar-refractivity contribution in [3.63, 3.8) is 0 Å². The van der Waals surface area contributed by atoms with Gasteiger partial charge in [0.1, 0.15) is 24.4 Å². The number of methoxy groups -OCH3 is 1. The van der Waals surface area contributed by atoms with Gasteiger partial charge in [0.2, 0.25) is 10.0 Å². The number of fused-ring (bicyclic) bond motifs is 1. The highest BCUT2D eigenvalue weighted by atomic mass is 79.9. The van der Waals surface area contributed by atoms with Crippen molar-refractivity contribution in [2.75, 3.05) is 31.9 Å².